The highest BCUT2D eigenvalue weighted by molar-refractivity contribution is 6.30. The van der Waals surface area contributed by atoms with Crippen LogP contribution in [0, 0.1) is 20.8 Å². The maximum atomic E-state index is 14.2. The third kappa shape index (κ3) is 5.30. The predicted octanol–water partition coefficient (Wildman–Crippen LogP) is 7.17. The summed E-state index contributed by atoms with van der Waals surface area (Å²) in [4.78, 5) is 10.0. The van der Waals surface area contributed by atoms with Crippen LogP contribution in [-0.4, -0.2) is 24.0 Å². The first-order chi connectivity index (χ1) is 17.6. The molecule has 37 heavy (non-hydrogen) atoms. The fourth-order valence-electron chi connectivity index (χ4n) is 4.28. The van der Waals surface area contributed by atoms with E-state index in [1.54, 1.807) is 18.2 Å². The van der Waals surface area contributed by atoms with Crippen molar-refractivity contribution in [1.82, 2.24) is 4.98 Å². The Kier molecular flexibility index (Phi) is 7.50. The van der Waals surface area contributed by atoms with E-state index in [-0.39, 0.29) is 24.3 Å². The monoisotopic (exact) mass is 530 g/mol. The van der Waals surface area contributed by atoms with Gasteiger partial charge in [0.25, 0.3) is 0 Å². The van der Waals surface area contributed by atoms with Gasteiger partial charge in [0.15, 0.2) is 0 Å². The number of pyridine rings is 1. The van der Waals surface area contributed by atoms with Gasteiger partial charge < -0.3 is 14.3 Å². The second kappa shape index (κ2) is 10.5. The second-order valence-electron chi connectivity index (χ2n) is 8.80. The van der Waals surface area contributed by atoms with Gasteiger partial charge in [-0.2, -0.15) is 13.2 Å². The maximum absolute atomic E-state index is 14.2. The summed E-state index contributed by atoms with van der Waals surface area (Å²) in [7, 11) is 0. The van der Waals surface area contributed by atoms with Crippen molar-refractivity contribution in [2.45, 2.75) is 45.6 Å². The zero-order valence-corrected chi connectivity index (χ0v) is 21.4. The van der Waals surface area contributed by atoms with Crippen molar-refractivity contribution in [3.05, 3.63) is 99.3 Å². The SMILES string of the molecule is C=CCOc1c(C)c(C)nc(C)c1CO/N=C/c1ccc2c(c1)CC(c1ccc(Cl)cc1)(C(F)(F)F)O2. The third-order valence-corrected chi connectivity index (χ3v) is 6.59. The number of halogens is 4. The average molecular weight is 531 g/mol. The molecule has 0 aliphatic carbocycles. The number of oxime groups is 1. The van der Waals surface area contributed by atoms with Crippen LogP contribution >= 0.6 is 11.6 Å². The Hall–Kier alpha value is -3.52. The summed E-state index contributed by atoms with van der Waals surface area (Å²) in [6.45, 7) is 9.83. The molecule has 4 rings (SSSR count). The number of alkyl halides is 3. The van der Waals surface area contributed by atoms with Gasteiger partial charge in [-0.05, 0) is 62.2 Å². The van der Waals surface area contributed by atoms with Crippen LogP contribution in [0.2, 0.25) is 5.02 Å². The molecule has 1 aliphatic rings. The summed E-state index contributed by atoms with van der Waals surface area (Å²) >= 11 is 5.88. The Bertz CT molecular complexity index is 1340. The smallest absolute Gasteiger partial charge is 0.432 e. The lowest BCUT2D eigenvalue weighted by atomic mass is 9.88. The molecule has 1 aromatic heterocycles. The lowest BCUT2D eigenvalue weighted by Gasteiger charge is -2.31. The van der Waals surface area contributed by atoms with Gasteiger partial charge in [0.2, 0.25) is 5.60 Å². The molecule has 3 aromatic rings. The zero-order valence-electron chi connectivity index (χ0n) is 20.7. The van der Waals surface area contributed by atoms with Crippen molar-refractivity contribution >= 4 is 17.8 Å². The Balaban J connectivity index is 1.52. The number of ether oxygens (including phenoxy) is 2. The molecule has 0 spiro atoms. The molecule has 0 saturated carbocycles. The van der Waals surface area contributed by atoms with Gasteiger partial charge in [0.1, 0.15) is 24.7 Å². The van der Waals surface area contributed by atoms with Crippen LogP contribution in [0.15, 0.2) is 60.3 Å². The van der Waals surface area contributed by atoms with Crippen molar-refractivity contribution in [3.63, 3.8) is 0 Å². The predicted molar refractivity (Wildman–Crippen MR) is 136 cm³/mol. The minimum absolute atomic E-state index is 0.00833. The molecule has 2 heterocycles. The first-order valence-electron chi connectivity index (χ1n) is 11.6. The second-order valence-corrected chi connectivity index (χ2v) is 9.24. The number of rotatable bonds is 8. The third-order valence-electron chi connectivity index (χ3n) is 6.34. The average Bonchev–Trinajstić information content (AvgIpc) is 3.25. The number of benzene rings is 2. The van der Waals surface area contributed by atoms with Gasteiger partial charge in [0, 0.05) is 34.0 Å². The van der Waals surface area contributed by atoms with E-state index in [1.165, 1.54) is 36.5 Å². The normalized spacial score (nSPS) is 16.9. The van der Waals surface area contributed by atoms with E-state index >= 15 is 0 Å². The molecule has 9 heteroatoms. The number of aryl methyl sites for hydroxylation is 2. The Labute approximate surface area is 218 Å². The van der Waals surface area contributed by atoms with Gasteiger partial charge >= 0.3 is 6.18 Å². The van der Waals surface area contributed by atoms with Crippen LogP contribution in [-0.2, 0) is 23.5 Å². The molecular weight excluding hydrogens is 505 g/mol. The quantitative estimate of drug-likeness (QED) is 0.176. The van der Waals surface area contributed by atoms with Crippen LogP contribution in [0.4, 0.5) is 13.2 Å². The van der Waals surface area contributed by atoms with Crippen molar-refractivity contribution in [3.8, 4) is 11.5 Å². The summed E-state index contributed by atoms with van der Waals surface area (Å²) in [6, 6.07) is 10.3. The molecular formula is C28H26ClF3N2O3. The van der Waals surface area contributed by atoms with Gasteiger partial charge in [-0.3, -0.25) is 4.98 Å². The molecule has 1 unspecified atom stereocenters. The van der Waals surface area contributed by atoms with Crippen LogP contribution in [0.1, 0.15) is 39.2 Å². The van der Waals surface area contributed by atoms with Crippen molar-refractivity contribution in [1.29, 1.82) is 0 Å². The number of hydrogen-bond acceptors (Lipinski definition) is 5. The summed E-state index contributed by atoms with van der Waals surface area (Å²) in [5.74, 6) is 0.853. The van der Waals surface area contributed by atoms with E-state index in [1.807, 2.05) is 20.8 Å². The molecule has 1 aliphatic heterocycles. The van der Waals surface area contributed by atoms with Crippen molar-refractivity contribution in [2.75, 3.05) is 6.61 Å². The highest BCUT2D eigenvalue weighted by Crippen LogP contribution is 2.51. The van der Waals surface area contributed by atoms with Gasteiger partial charge in [-0.1, -0.05) is 41.5 Å². The van der Waals surface area contributed by atoms with Gasteiger partial charge in [-0.15, -0.1) is 0 Å². The van der Waals surface area contributed by atoms with Crippen LogP contribution < -0.4 is 9.47 Å². The summed E-state index contributed by atoms with van der Waals surface area (Å²) in [5, 5.41) is 4.37. The van der Waals surface area contributed by atoms with E-state index in [4.69, 9.17) is 25.9 Å². The number of aromatic nitrogens is 1. The highest BCUT2D eigenvalue weighted by Gasteiger charge is 2.61. The Morgan fingerprint density at radius 1 is 1.14 bits per heavy atom. The molecule has 0 amide bonds. The summed E-state index contributed by atoms with van der Waals surface area (Å²) in [5.41, 5.74) is 1.80. The minimum atomic E-state index is -4.64. The number of hydrogen-bond donors (Lipinski definition) is 0. The molecule has 0 bridgehead atoms. The minimum Gasteiger partial charge on any atom is -0.489 e. The van der Waals surface area contributed by atoms with Crippen molar-refractivity contribution < 1.29 is 27.5 Å². The highest BCUT2D eigenvalue weighted by atomic mass is 35.5. The summed E-state index contributed by atoms with van der Waals surface area (Å²) in [6.07, 6.45) is -1.90. The van der Waals surface area contributed by atoms with E-state index in [2.05, 4.69) is 16.7 Å². The van der Waals surface area contributed by atoms with Crippen molar-refractivity contribution in [2.24, 2.45) is 5.16 Å². The van der Waals surface area contributed by atoms with E-state index in [9.17, 15) is 13.2 Å². The number of nitrogens with zero attached hydrogens (tertiary/aromatic N) is 2. The molecule has 0 fully saturated rings. The van der Waals surface area contributed by atoms with Crippen LogP contribution in [0.5, 0.6) is 11.5 Å². The maximum Gasteiger partial charge on any atom is 0.432 e. The molecule has 2 aromatic carbocycles. The number of fused-ring (bicyclic) bond motifs is 1. The Morgan fingerprint density at radius 3 is 2.54 bits per heavy atom. The molecule has 5 nitrogen and oxygen atoms in total. The molecule has 0 radical (unpaired) electrons. The standard InChI is InChI=1S/C28H26ClF3N2O3/c1-5-12-35-26-17(2)18(3)34-19(4)24(26)16-36-33-15-20-6-11-25-21(13-20)14-27(37-25,28(30,31)32)22-7-9-23(29)10-8-22/h5-11,13,15H,1,12,14,16H2,2-4H3/b33-15+. The molecule has 194 valence electrons. The first kappa shape index (κ1) is 26.5. The molecule has 1 atom stereocenters. The lowest BCUT2D eigenvalue weighted by Crippen LogP contribution is -2.46. The molecule has 0 saturated heterocycles. The van der Waals surface area contributed by atoms with Gasteiger partial charge in [0.05, 0.1) is 11.8 Å². The lowest BCUT2D eigenvalue weighted by molar-refractivity contribution is -0.248. The zero-order chi connectivity index (χ0) is 26.8. The topological polar surface area (TPSA) is 52.9 Å². The largest absolute Gasteiger partial charge is 0.489 e. The van der Waals surface area contributed by atoms with Crippen LogP contribution in [0.3, 0.4) is 0 Å². The van der Waals surface area contributed by atoms with E-state index in [0.717, 1.165) is 22.5 Å². The van der Waals surface area contributed by atoms with E-state index in [0.29, 0.717) is 28.5 Å². The van der Waals surface area contributed by atoms with Crippen LogP contribution in [0.25, 0.3) is 0 Å². The fourth-order valence-corrected chi connectivity index (χ4v) is 4.40. The first-order valence-corrected chi connectivity index (χ1v) is 11.9. The van der Waals surface area contributed by atoms with Gasteiger partial charge in [-0.25, -0.2) is 0 Å². The Morgan fingerprint density at radius 2 is 1.86 bits per heavy atom. The molecule has 0 N–H and O–H groups in total. The fraction of sp³-hybridized carbons (Fsp3) is 0.286. The van der Waals surface area contributed by atoms with E-state index < -0.39 is 11.8 Å². The summed E-state index contributed by atoms with van der Waals surface area (Å²) < 4.78 is 54.1.